The van der Waals surface area contributed by atoms with Crippen LogP contribution in [0, 0.1) is 0 Å². The Bertz CT molecular complexity index is 1200. The lowest BCUT2D eigenvalue weighted by atomic mass is 10.1. The molecule has 12 heteroatoms. The van der Waals surface area contributed by atoms with Gasteiger partial charge in [0.2, 0.25) is 5.95 Å². The van der Waals surface area contributed by atoms with Crippen LogP contribution in [0.25, 0.3) is 20.8 Å². The van der Waals surface area contributed by atoms with Gasteiger partial charge >= 0.3 is 6.18 Å². The van der Waals surface area contributed by atoms with Gasteiger partial charge in [-0.05, 0) is 37.6 Å². The normalized spacial score (nSPS) is 19.7. The zero-order valence-corrected chi connectivity index (χ0v) is 18.5. The fourth-order valence-corrected chi connectivity index (χ4v) is 5.06. The number of anilines is 2. The number of hydrogen-bond donors (Lipinski definition) is 3. The first-order valence-corrected chi connectivity index (χ1v) is 11.6. The number of ether oxygens (including phenoxy) is 1. The molecule has 2 aliphatic heterocycles. The van der Waals surface area contributed by atoms with E-state index in [1.807, 2.05) is 4.90 Å². The summed E-state index contributed by atoms with van der Waals surface area (Å²) in [4.78, 5) is 27.1. The number of nitrogens with zero attached hydrogens (tertiary/aromatic N) is 3. The minimum absolute atomic E-state index is 0.0792. The SMILES string of the molecule is O=c1[nH]c(N2CCOCC2)nc(N[C@@H]2CCCNC2)c1-c1nc2cc(C(F)(F)F)ccc2s1. The Labute approximate surface area is 191 Å². The second-order valence-corrected chi connectivity index (χ2v) is 9.13. The molecule has 0 spiro atoms. The number of aromatic amines is 1. The fourth-order valence-electron chi connectivity index (χ4n) is 4.07. The molecule has 0 amide bonds. The van der Waals surface area contributed by atoms with Crippen LogP contribution in [-0.2, 0) is 10.9 Å². The predicted molar refractivity (Wildman–Crippen MR) is 121 cm³/mol. The first kappa shape index (κ1) is 22.1. The summed E-state index contributed by atoms with van der Waals surface area (Å²) in [5.41, 5.74) is -0.708. The van der Waals surface area contributed by atoms with Crippen LogP contribution in [-0.4, -0.2) is 60.4 Å². The molecule has 8 nitrogen and oxygen atoms in total. The van der Waals surface area contributed by atoms with Crippen molar-refractivity contribution in [3.8, 4) is 10.6 Å². The minimum Gasteiger partial charge on any atom is -0.378 e. The van der Waals surface area contributed by atoms with Gasteiger partial charge in [0.1, 0.15) is 16.4 Å². The van der Waals surface area contributed by atoms with E-state index in [4.69, 9.17) is 9.72 Å². The van der Waals surface area contributed by atoms with Crippen molar-refractivity contribution < 1.29 is 17.9 Å². The van der Waals surface area contributed by atoms with Crippen molar-refractivity contribution in [2.45, 2.75) is 25.1 Å². The number of H-pyrrole nitrogens is 1. The highest BCUT2D eigenvalue weighted by Gasteiger charge is 2.31. The van der Waals surface area contributed by atoms with Crippen LogP contribution in [0.3, 0.4) is 0 Å². The molecule has 4 heterocycles. The third-order valence-corrected chi connectivity index (χ3v) is 6.84. The van der Waals surface area contributed by atoms with E-state index < -0.39 is 11.7 Å². The molecule has 1 aromatic carbocycles. The van der Waals surface area contributed by atoms with E-state index in [-0.39, 0.29) is 22.7 Å². The summed E-state index contributed by atoms with van der Waals surface area (Å²) in [5.74, 6) is 0.836. The zero-order valence-electron chi connectivity index (χ0n) is 17.7. The van der Waals surface area contributed by atoms with E-state index in [9.17, 15) is 18.0 Å². The first-order valence-electron chi connectivity index (χ1n) is 10.8. The number of benzene rings is 1. The van der Waals surface area contributed by atoms with Gasteiger partial charge in [0.05, 0.1) is 29.0 Å². The van der Waals surface area contributed by atoms with E-state index in [0.717, 1.165) is 38.1 Å². The summed E-state index contributed by atoms with van der Waals surface area (Å²) < 4.78 is 45.4. The average Bonchev–Trinajstić information content (AvgIpc) is 3.22. The molecular formula is C21H23F3N6O2S. The number of fused-ring (bicyclic) bond motifs is 1. The van der Waals surface area contributed by atoms with Crippen molar-refractivity contribution in [1.82, 2.24) is 20.3 Å². The van der Waals surface area contributed by atoms with Crippen molar-refractivity contribution in [3.05, 3.63) is 34.1 Å². The second kappa shape index (κ2) is 8.92. The minimum atomic E-state index is -4.46. The Kier molecular flexibility index (Phi) is 5.97. The van der Waals surface area contributed by atoms with E-state index in [0.29, 0.717) is 47.8 Å². The Morgan fingerprint density at radius 2 is 2.03 bits per heavy atom. The third kappa shape index (κ3) is 4.68. The van der Waals surface area contributed by atoms with Crippen molar-refractivity contribution in [2.75, 3.05) is 49.6 Å². The molecule has 176 valence electrons. The van der Waals surface area contributed by atoms with Crippen LogP contribution >= 0.6 is 11.3 Å². The maximum absolute atomic E-state index is 13.2. The van der Waals surface area contributed by atoms with Gasteiger partial charge in [-0.2, -0.15) is 18.2 Å². The lowest BCUT2D eigenvalue weighted by molar-refractivity contribution is -0.137. The third-order valence-electron chi connectivity index (χ3n) is 5.78. The van der Waals surface area contributed by atoms with E-state index in [1.165, 1.54) is 17.4 Å². The maximum atomic E-state index is 13.2. The standard InChI is InChI=1S/C21H23F3N6O2S/c22-21(23,24)12-3-4-15-14(10-12)27-19(33-15)16-17(26-13-2-1-5-25-11-13)28-20(29-18(16)31)30-6-8-32-9-7-30/h3-4,10,13,25H,1-2,5-9,11H2,(H2,26,28,29,31)/t13-/m1/s1. The van der Waals surface area contributed by atoms with Gasteiger partial charge in [0.15, 0.2) is 0 Å². The van der Waals surface area contributed by atoms with Crippen LogP contribution in [0.4, 0.5) is 24.9 Å². The highest BCUT2D eigenvalue weighted by Crippen LogP contribution is 2.36. The molecule has 0 bridgehead atoms. The molecule has 3 aromatic rings. The molecule has 2 saturated heterocycles. The summed E-state index contributed by atoms with van der Waals surface area (Å²) in [6, 6.07) is 3.51. The zero-order chi connectivity index (χ0) is 23.0. The largest absolute Gasteiger partial charge is 0.416 e. The van der Waals surface area contributed by atoms with Crippen molar-refractivity contribution in [2.24, 2.45) is 0 Å². The Morgan fingerprint density at radius 3 is 2.76 bits per heavy atom. The monoisotopic (exact) mass is 480 g/mol. The van der Waals surface area contributed by atoms with E-state index >= 15 is 0 Å². The number of alkyl halides is 3. The van der Waals surface area contributed by atoms with Crippen LogP contribution in [0.2, 0.25) is 0 Å². The number of piperidine rings is 1. The molecule has 0 unspecified atom stereocenters. The molecular weight excluding hydrogens is 457 g/mol. The molecule has 0 saturated carbocycles. The number of hydrogen-bond acceptors (Lipinski definition) is 8. The van der Waals surface area contributed by atoms with Crippen LogP contribution in [0.15, 0.2) is 23.0 Å². The molecule has 1 atom stereocenters. The molecule has 5 rings (SSSR count). The van der Waals surface area contributed by atoms with Gasteiger partial charge in [-0.1, -0.05) is 0 Å². The molecule has 0 aliphatic carbocycles. The number of halogens is 3. The smallest absolute Gasteiger partial charge is 0.378 e. The van der Waals surface area contributed by atoms with Crippen molar-refractivity contribution in [3.63, 3.8) is 0 Å². The predicted octanol–water partition coefficient (Wildman–Crippen LogP) is 3.07. The molecule has 33 heavy (non-hydrogen) atoms. The highest BCUT2D eigenvalue weighted by molar-refractivity contribution is 7.21. The molecule has 0 radical (unpaired) electrons. The maximum Gasteiger partial charge on any atom is 0.416 e. The van der Waals surface area contributed by atoms with Gasteiger partial charge in [-0.25, -0.2) is 4.98 Å². The lowest BCUT2D eigenvalue weighted by Gasteiger charge is -2.29. The summed E-state index contributed by atoms with van der Waals surface area (Å²) >= 11 is 1.17. The Morgan fingerprint density at radius 1 is 1.21 bits per heavy atom. The number of aromatic nitrogens is 3. The van der Waals surface area contributed by atoms with Gasteiger partial charge in [-0.3, -0.25) is 9.78 Å². The number of rotatable bonds is 4. The Balaban J connectivity index is 1.58. The van der Waals surface area contributed by atoms with Crippen LogP contribution in [0.1, 0.15) is 18.4 Å². The first-order chi connectivity index (χ1) is 15.9. The topological polar surface area (TPSA) is 95.2 Å². The van der Waals surface area contributed by atoms with Gasteiger partial charge < -0.3 is 20.3 Å². The second-order valence-electron chi connectivity index (χ2n) is 8.10. The quantitative estimate of drug-likeness (QED) is 0.528. The van der Waals surface area contributed by atoms with Crippen LogP contribution < -0.4 is 21.1 Å². The number of thiazole rings is 1. The summed E-state index contributed by atoms with van der Waals surface area (Å²) in [6.07, 6.45) is -2.55. The highest BCUT2D eigenvalue weighted by atomic mass is 32.1. The Hall–Kier alpha value is -2.70. The fraction of sp³-hybridized carbons (Fsp3) is 0.476. The van der Waals surface area contributed by atoms with Crippen molar-refractivity contribution in [1.29, 1.82) is 0 Å². The van der Waals surface area contributed by atoms with Crippen LogP contribution in [0.5, 0.6) is 0 Å². The summed E-state index contributed by atoms with van der Waals surface area (Å²) in [5, 5.41) is 7.04. The summed E-state index contributed by atoms with van der Waals surface area (Å²) in [7, 11) is 0. The van der Waals surface area contributed by atoms with E-state index in [1.54, 1.807) is 0 Å². The van der Waals surface area contributed by atoms with Gasteiger partial charge in [0.25, 0.3) is 5.56 Å². The van der Waals surface area contributed by atoms with Gasteiger partial charge in [-0.15, -0.1) is 11.3 Å². The van der Waals surface area contributed by atoms with E-state index in [2.05, 4.69) is 20.6 Å². The van der Waals surface area contributed by atoms with Gasteiger partial charge in [0, 0.05) is 25.7 Å². The lowest BCUT2D eigenvalue weighted by Crippen LogP contribution is -2.40. The molecule has 2 aromatic heterocycles. The summed E-state index contributed by atoms with van der Waals surface area (Å²) in [6.45, 7) is 3.96. The average molecular weight is 481 g/mol. The number of morpholine rings is 1. The molecule has 2 aliphatic rings. The van der Waals surface area contributed by atoms with Crippen molar-refractivity contribution >= 4 is 33.3 Å². The number of nitrogens with one attached hydrogen (secondary N) is 3. The molecule has 3 N–H and O–H groups in total. The molecule has 2 fully saturated rings.